The van der Waals surface area contributed by atoms with Crippen molar-refractivity contribution in [2.75, 3.05) is 17.6 Å². The van der Waals surface area contributed by atoms with Crippen LogP contribution in [0.4, 0.5) is 11.5 Å². The fourth-order valence-corrected chi connectivity index (χ4v) is 8.80. The maximum absolute atomic E-state index is 13.4. The molecule has 1 aliphatic carbocycles. The Morgan fingerprint density at radius 3 is 2.59 bits per heavy atom. The molecule has 0 spiro atoms. The van der Waals surface area contributed by atoms with Gasteiger partial charge >= 0.3 is 0 Å². The summed E-state index contributed by atoms with van der Waals surface area (Å²) in [7, 11) is -2.32. The predicted octanol–water partition coefficient (Wildman–Crippen LogP) is 6.56. The smallest absolute Gasteiger partial charge is 0.261 e. The van der Waals surface area contributed by atoms with Crippen molar-refractivity contribution < 1.29 is 13.2 Å². The van der Waals surface area contributed by atoms with Crippen LogP contribution in [0.1, 0.15) is 34.7 Å². The second-order valence-corrected chi connectivity index (χ2v) is 14.7. The fourth-order valence-electron chi connectivity index (χ4n) is 5.62. The van der Waals surface area contributed by atoms with Crippen LogP contribution in [0.15, 0.2) is 88.9 Å². The van der Waals surface area contributed by atoms with E-state index in [0.29, 0.717) is 51.9 Å². The Hall–Kier alpha value is -4.46. The molecule has 0 fully saturated rings. The number of anilines is 2. The van der Waals surface area contributed by atoms with E-state index in [1.54, 1.807) is 60.9 Å². The first kappa shape index (κ1) is 30.2. The molecule has 3 heterocycles. The Labute approximate surface area is 275 Å². The highest BCUT2D eigenvalue weighted by atomic mass is 32.2. The van der Waals surface area contributed by atoms with E-state index in [0.717, 1.165) is 28.6 Å². The Bertz CT molecular complexity index is 2130. The second-order valence-electron chi connectivity index (χ2n) is 10.9. The Morgan fingerprint density at radius 2 is 1.78 bits per heavy atom. The molecule has 234 valence electrons. The van der Waals surface area contributed by atoms with Crippen molar-refractivity contribution in [1.29, 1.82) is 0 Å². The Kier molecular flexibility index (Phi) is 8.36. The SMILES string of the molecule is COc1ccc(NS(=O)(=O)c2cccc(-c3nnc(SCc4nc(N)c5c6c(sc5n4)CCCC6)n3Cc3ccccc3)c2)cc1. The number of hydrogen-bond acceptors (Lipinski definition) is 10. The lowest BCUT2D eigenvalue weighted by molar-refractivity contribution is 0.415. The maximum Gasteiger partial charge on any atom is 0.261 e. The summed E-state index contributed by atoms with van der Waals surface area (Å²) in [6, 6.07) is 23.4. The summed E-state index contributed by atoms with van der Waals surface area (Å²) in [4.78, 5) is 12.0. The fraction of sp³-hybridized carbons (Fsp3) is 0.212. The van der Waals surface area contributed by atoms with Gasteiger partial charge in [-0.25, -0.2) is 18.4 Å². The molecule has 0 atom stereocenters. The van der Waals surface area contributed by atoms with E-state index < -0.39 is 10.0 Å². The van der Waals surface area contributed by atoms with Crippen LogP contribution in [-0.4, -0.2) is 40.3 Å². The average molecular weight is 670 g/mol. The van der Waals surface area contributed by atoms with Crippen LogP contribution in [0.2, 0.25) is 0 Å². The van der Waals surface area contributed by atoms with Gasteiger partial charge in [0.2, 0.25) is 0 Å². The number of aromatic nitrogens is 5. The third-order valence-corrected chi connectivity index (χ3v) is 11.4. The molecule has 0 amide bonds. The first-order chi connectivity index (χ1) is 22.4. The number of nitrogens with one attached hydrogen (secondary N) is 1. The van der Waals surface area contributed by atoms with Crippen molar-refractivity contribution in [2.45, 2.75) is 48.0 Å². The van der Waals surface area contributed by atoms with Crippen molar-refractivity contribution in [3.63, 3.8) is 0 Å². The zero-order valence-electron chi connectivity index (χ0n) is 25.0. The second kappa shape index (κ2) is 12.7. The van der Waals surface area contributed by atoms with Crippen molar-refractivity contribution in [3.8, 4) is 17.1 Å². The number of thioether (sulfide) groups is 1. The topological polar surface area (TPSA) is 138 Å². The number of hydrogen-bond donors (Lipinski definition) is 2. The number of thiophene rings is 1. The van der Waals surface area contributed by atoms with Gasteiger partial charge in [0, 0.05) is 16.1 Å². The highest BCUT2D eigenvalue weighted by Crippen LogP contribution is 2.38. The number of nitrogens with zero attached hydrogens (tertiary/aromatic N) is 5. The van der Waals surface area contributed by atoms with Gasteiger partial charge in [-0.1, -0.05) is 54.2 Å². The normalized spacial score (nSPS) is 13.1. The number of rotatable bonds is 10. The summed E-state index contributed by atoms with van der Waals surface area (Å²) in [5, 5.41) is 10.7. The van der Waals surface area contributed by atoms with E-state index in [4.69, 9.17) is 15.5 Å². The van der Waals surface area contributed by atoms with Gasteiger partial charge < -0.3 is 10.5 Å². The molecule has 3 aromatic heterocycles. The van der Waals surface area contributed by atoms with Gasteiger partial charge in [-0.15, -0.1) is 21.5 Å². The minimum absolute atomic E-state index is 0.111. The number of nitrogen functional groups attached to an aromatic ring is 1. The Morgan fingerprint density at radius 1 is 0.978 bits per heavy atom. The van der Waals surface area contributed by atoms with E-state index in [1.807, 2.05) is 41.0 Å². The van der Waals surface area contributed by atoms with E-state index in [-0.39, 0.29) is 4.90 Å². The summed E-state index contributed by atoms with van der Waals surface area (Å²) in [6.45, 7) is 0.492. The van der Waals surface area contributed by atoms with E-state index in [2.05, 4.69) is 19.9 Å². The van der Waals surface area contributed by atoms with Crippen LogP contribution >= 0.6 is 23.1 Å². The predicted molar refractivity (Wildman–Crippen MR) is 183 cm³/mol. The minimum Gasteiger partial charge on any atom is -0.497 e. The van der Waals surface area contributed by atoms with Crippen LogP contribution in [0.25, 0.3) is 21.6 Å². The third kappa shape index (κ3) is 6.17. The zero-order valence-corrected chi connectivity index (χ0v) is 27.5. The van der Waals surface area contributed by atoms with E-state index >= 15 is 0 Å². The van der Waals surface area contributed by atoms with Crippen LogP contribution in [0.3, 0.4) is 0 Å². The lowest BCUT2D eigenvalue weighted by Crippen LogP contribution is -2.13. The summed E-state index contributed by atoms with van der Waals surface area (Å²) in [6.07, 6.45) is 4.47. The molecule has 6 aromatic rings. The summed E-state index contributed by atoms with van der Waals surface area (Å²) in [5.74, 6) is 2.82. The number of fused-ring (bicyclic) bond motifs is 3. The van der Waals surface area contributed by atoms with Crippen molar-refractivity contribution >= 4 is 54.8 Å². The molecular formula is C33H31N7O3S3. The zero-order chi connectivity index (χ0) is 31.7. The summed E-state index contributed by atoms with van der Waals surface area (Å²) < 4.78 is 36.5. The molecule has 1 aliphatic rings. The molecule has 0 radical (unpaired) electrons. The highest BCUT2D eigenvalue weighted by Gasteiger charge is 2.22. The molecule has 0 unspecified atom stereocenters. The highest BCUT2D eigenvalue weighted by molar-refractivity contribution is 7.98. The standard InChI is InChI=1S/C33H31N7O3S3/c1-43-24-16-14-23(15-17-24)39-46(41,42)25-11-7-10-22(18-25)31-37-38-33(40(31)19-21-8-3-2-4-9-21)44-20-28-35-30(34)29-26-12-5-6-13-27(26)45-32(29)36-28/h2-4,7-11,14-18,39H,5-6,12-13,19-20H2,1H3,(H2,34,35,36). The molecular weight excluding hydrogens is 639 g/mol. The minimum atomic E-state index is -3.88. The Balaban J connectivity index is 1.19. The van der Waals surface area contributed by atoms with Gasteiger partial charge in [0.25, 0.3) is 10.0 Å². The average Bonchev–Trinajstić information content (AvgIpc) is 3.65. The molecule has 13 heteroatoms. The van der Waals surface area contributed by atoms with Crippen LogP contribution in [0.5, 0.6) is 5.75 Å². The molecule has 3 aromatic carbocycles. The van der Waals surface area contributed by atoms with Gasteiger partial charge in [0.1, 0.15) is 22.2 Å². The molecule has 0 bridgehead atoms. The van der Waals surface area contributed by atoms with Gasteiger partial charge in [-0.3, -0.25) is 9.29 Å². The molecule has 0 saturated heterocycles. The third-order valence-electron chi connectivity index (χ3n) is 7.86. The monoisotopic (exact) mass is 669 g/mol. The van der Waals surface area contributed by atoms with Crippen molar-refractivity contribution in [1.82, 2.24) is 24.7 Å². The quantitative estimate of drug-likeness (QED) is 0.155. The summed E-state index contributed by atoms with van der Waals surface area (Å²) in [5.41, 5.74) is 9.90. The van der Waals surface area contributed by atoms with Crippen molar-refractivity contribution in [3.05, 3.63) is 101 Å². The summed E-state index contributed by atoms with van der Waals surface area (Å²) >= 11 is 3.20. The molecule has 10 nitrogen and oxygen atoms in total. The first-order valence-electron chi connectivity index (χ1n) is 14.8. The molecule has 7 rings (SSSR count). The maximum atomic E-state index is 13.4. The van der Waals surface area contributed by atoms with Gasteiger partial charge in [0.05, 0.1) is 29.7 Å². The molecule has 0 aliphatic heterocycles. The van der Waals surface area contributed by atoms with E-state index in [1.165, 1.54) is 35.0 Å². The van der Waals surface area contributed by atoms with Crippen molar-refractivity contribution in [2.24, 2.45) is 0 Å². The van der Waals surface area contributed by atoms with Gasteiger partial charge in [-0.05, 0) is 73.2 Å². The molecule has 46 heavy (non-hydrogen) atoms. The number of benzene rings is 3. The lowest BCUT2D eigenvalue weighted by atomic mass is 9.97. The number of sulfonamides is 1. The van der Waals surface area contributed by atoms with E-state index in [9.17, 15) is 8.42 Å². The number of nitrogens with two attached hydrogens (primary N) is 1. The largest absolute Gasteiger partial charge is 0.497 e. The van der Waals surface area contributed by atoms with Gasteiger partial charge in [-0.2, -0.15) is 0 Å². The number of methoxy groups -OCH3 is 1. The number of ether oxygens (including phenoxy) is 1. The van der Waals surface area contributed by atoms with Gasteiger partial charge in [0.15, 0.2) is 11.0 Å². The van der Waals surface area contributed by atoms with Crippen LogP contribution < -0.4 is 15.2 Å². The molecule has 3 N–H and O–H groups in total. The first-order valence-corrected chi connectivity index (χ1v) is 18.1. The number of aryl methyl sites for hydroxylation is 2. The van der Waals surface area contributed by atoms with Crippen LogP contribution in [-0.2, 0) is 35.2 Å². The lowest BCUT2D eigenvalue weighted by Gasteiger charge is -2.12. The van der Waals surface area contributed by atoms with Crippen LogP contribution in [0, 0.1) is 0 Å². The molecule has 0 saturated carbocycles.